The van der Waals surface area contributed by atoms with Crippen molar-refractivity contribution in [2.45, 2.75) is 32.0 Å². The van der Waals surface area contributed by atoms with Gasteiger partial charge in [0, 0.05) is 48.4 Å². The largest absolute Gasteiger partial charge is 0.497 e. The number of hydrogen-bond acceptors (Lipinski definition) is 5. The Kier molecular flexibility index (Phi) is 6.85. The van der Waals surface area contributed by atoms with Crippen molar-refractivity contribution >= 4 is 27.3 Å². The topological polar surface area (TPSA) is 50.8 Å². The number of methoxy groups -OCH3 is 2. The van der Waals surface area contributed by atoms with Gasteiger partial charge in [-0.15, -0.1) is 11.3 Å². The number of thiophene rings is 1. The van der Waals surface area contributed by atoms with Gasteiger partial charge in [0.05, 0.1) is 18.6 Å². The van der Waals surface area contributed by atoms with E-state index in [1.165, 1.54) is 23.0 Å². The van der Waals surface area contributed by atoms with E-state index in [1.807, 2.05) is 18.2 Å². The van der Waals surface area contributed by atoms with E-state index >= 15 is 0 Å². The Labute approximate surface area is 185 Å². The summed E-state index contributed by atoms with van der Waals surface area (Å²) >= 11 is 1.33. The van der Waals surface area contributed by atoms with Gasteiger partial charge >= 0.3 is 0 Å². The number of fused-ring (bicyclic) bond motifs is 1. The van der Waals surface area contributed by atoms with Gasteiger partial charge in [0.2, 0.25) is 0 Å². The van der Waals surface area contributed by atoms with Crippen LogP contribution < -0.4 is 10.1 Å². The average molecular weight is 443 g/mol. The maximum absolute atomic E-state index is 14.4. The first-order valence-corrected chi connectivity index (χ1v) is 11.3. The molecule has 0 aliphatic carbocycles. The molecular formula is C24H27FN2O3S. The number of carbonyl (C=O) groups excluding carboxylic acids is 1. The fourth-order valence-electron chi connectivity index (χ4n) is 4.15. The van der Waals surface area contributed by atoms with Crippen molar-refractivity contribution in [3.8, 4) is 5.75 Å². The summed E-state index contributed by atoms with van der Waals surface area (Å²) in [5, 5.41) is 3.66. The Bertz CT molecular complexity index is 1060. The van der Waals surface area contributed by atoms with Crippen molar-refractivity contribution in [1.29, 1.82) is 0 Å². The van der Waals surface area contributed by atoms with Gasteiger partial charge in [-0.05, 0) is 42.7 Å². The SMILES string of the molecule is COCc1c(C(=O)NC2CCN(Cc3cccc(OC)c3)CC2)sc2cccc(F)c12. The molecule has 0 spiro atoms. The molecule has 0 atom stereocenters. The number of halogens is 1. The van der Waals surface area contributed by atoms with E-state index in [2.05, 4.69) is 22.3 Å². The lowest BCUT2D eigenvalue weighted by Gasteiger charge is -2.32. The minimum absolute atomic E-state index is 0.111. The van der Waals surface area contributed by atoms with Gasteiger partial charge < -0.3 is 14.8 Å². The predicted octanol–water partition coefficient (Wildman–Crippen LogP) is 4.59. The van der Waals surface area contributed by atoms with Crippen LogP contribution in [-0.2, 0) is 17.9 Å². The molecule has 0 bridgehead atoms. The standard InChI is InChI=1S/C24H27FN2O3S/c1-29-15-19-22-20(25)7-4-8-21(22)31-23(19)24(28)26-17-9-11-27(12-10-17)14-16-5-3-6-18(13-16)30-2/h3-8,13,17H,9-12,14-15H2,1-2H3,(H,26,28). The van der Waals surface area contributed by atoms with Gasteiger partial charge in [-0.25, -0.2) is 4.39 Å². The van der Waals surface area contributed by atoms with Crippen LogP contribution in [0.5, 0.6) is 5.75 Å². The third-order valence-corrected chi connectivity index (χ3v) is 6.92. The molecule has 164 valence electrons. The molecule has 0 unspecified atom stereocenters. The van der Waals surface area contributed by atoms with Gasteiger partial charge in [-0.3, -0.25) is 9.69 Å². The maximum atomic E-state index is 14.4. The fraction of sp³-hybridized carbons (Fsp3) is 0.375. The second-order valence-electron chi connectivity index (χ2n) is 7.83. The van der Waals surface area contributed by atoms with Crippen LogP contribution in [0.15, 0.2) is 42.5 Å². The Morgan fingerprint density at radius 3 is 2.71 bits per heavy atom. The highest BCUT2D eigenvalue weighted by molar-refractivity contribution is 7.21. The first-order valence-electron chi connectivity index (χ1n) is 10.4. The minimum atomic E-state index is -0.314. The molecule has 31 heavy (non-hydrogen) atoms. The van der Waals surface area contributed by atoms with Crippen LogP contribution in [0.4, 0.5) is 4.39 Å². The molecule has 2 heterocycles. The zero-order valence-electron chi connectivity index (χ0n) is 17.8. The number of likely N-dealkylation sites (tertiary alicyclic amines) is 1. The molecule has 7 heteroatoms. The third kappa shape index (κ3) is 4.89. The molecule has 1 saturated heterocycles. The summed E-state index contributed by atoms with van der Waals surface area (Å²) in [5.74, 6) is 0.413. The first kappa shape index (κ1) is 21.7. The van der Waals surface area contributed by atoms with E-state index in [9.17, 15) is 9.18 Å². The highest BCUT2D eigenvalue weighted by Gasteiger charge is 2.25. The van der Waals surface area contributed by atoms with E-state index in [-0.39, 0.29) is 24.4 Å². The number of nitrogens with zero attached hydrogens (tertiary/aromatic N) is 1. The van der Waals surface area contributed by atoms with Crippen molar-refractivity contribution in [3.63, 3.8) is 0 Å². The van der Waals surface area contributed by atoms with Crippen LogP contribution in [-0.4, -0.2) is 44.2 Å². The van der Waals surface area contributed by atoms with Crippen molar-refractivity contribution in [3.05, 3.63) is 64.3 Å². The summed E-state index contributed by atoms with van der Waals surface area (Å²) in [6.07, 6.45) is 1.77. The molecule has 3 aromatic rings. The zero-order chi connectivity index (χ0) is 21.8. The lowest BCUT2D eigenvalue weighted by Crippen LogP contribution is -2.44. The van der Waals surface area contributed by atoms with Crippen molar-refractivity contribution in [1.82, 2.24) is 10.2 Å². The third-order valence-electron chi connectivity index (χ3n) is 5.72. The first-order chi connectivity index (χ1) is 15.1. The number of carbonyl (C=O) groups is 1. The average Bonchev–Trinajstić information content (AvgIpc) is 3.15. The molecule has 1 aromatic heterocycles. The normalized spacial score (nSPS) is 15.3. The summed E-state index contributed by atoms with van der Waals surface area (Å²) < 4.78 is 25.7. The van der Waals surface area contributed by atoms with Crippen LogP contribution in [0.2, 0.25) is 0 Å². The van der Waals surface area contributed by atoms with Crippen molar-refractivity contribution in [2.24, 2.45) is 0 Å². The lowest BCUT2D eigenvalue weighted by atomic mass is 10.0. The van der Waals surface area contributed by atoms with E-state index in [0.717, 1.165) is 42.9 Å². The highest BCUT2D eigenvalue weighted by atomic mass is 32.1. The zero-order valence-corrected chi connectivity index (χ0v) is 18.6. The summed E-state index contributed by atoms with van der Waals surface area (Å²) in [7, 11) is 3.24. The summed E-state index contributed by atoms with van der Waals surface area (Å²) in [6.45, 7) is 2.90. The van der Waals surface area contributed by atoms with Gasteiger partial charge in [-0.2, -0.15) is 0 Å². The highest BCUT2D eigenvalue weighted by Crippen LogP contribution is 2.34. The Morgan fingerprint density at radius 2 is 1.97 bits per heavy atom. The monoisotopic (exact) mass is 442 g/mol. The molecule has 1 aliphatic heterocycles. The van der Waals surface area contributed by atoms with E-state index in [1.54, 1.807) is 20.3 Å². The lowest BCUT2D eigenvalue weighted by molar-refractivity contribution is 0.0909. The number of rotatable bonds is 7. The fourth-order valence-corrected chi connectivity index (χ4v) is 5.27. The van der Waals surface area contributed by atoms with Gasteiger partial charge in [0.1, 0.15) is 11.6 Å². The molecule has 1 aliphatic rings. The van der Waals surface area contributed by atoms with Gasteiger partial charge in [0.15, 0.2) is 0 Å². The Balaban J connectivity index is 1.39. The maximum Gasteiger partial charge on any atom is 0.261 e. The molecule has 1 amide bonds. The molecule has 1 N–H and O–H groups in total. The molecule has 4 rings (SSSR count). The van der Waals surface area contributed by atoms with E-state index in [0.29, 0.717) is 15.8 Å². The number of piperidine rings is 1. The molecule has 2 aromatic carbocycles. The number of benzene rings is 2. The van der Waals surface area contributed by atoms with Crippen LogP contribution in [0.3, 0.4) is 0 Å². The summed E-state index contributed by atoms with van der Waals surface area (Å²) in [5.41, 5.74) is 1.85. The number of nitrogens with one attached hydrogen (secondary N) is 1. The van der Waals surface area contributed by atoms with Crippen LogP contribution in [0, 0.1) is 5.82 Å². The van der Waals surface area contributed by atoms with E-state index < -0.39 is 0 Å². The van der Waals surface area contributed by atoms with Crippen LogP contribution in [0.1, 0.15) is 33.6 Å². The number of hydrogen-bond donors (Lipinski definition) is 1. The molecule has 1 fully saturated rings. The van der Waals surface area contributed by atoms with E-state index in [4.69, 9.17) is 9.47 Å². The predicted molar refractivity (Wildman–Crippen MR) is 121 cm³/mol. The Hall–Kier alpha value is -2.48. The quantitative estimate of drug-likeness (QED) is 0.582. The number of ether oxygens (including phenoxy) is 2. The van der Waals surface area contributed by atoms with Gasteiger partial charge in [0.25, 0.3) is 5.91 Å². The molecule has 0 radical (unpaired) electrons. The molecule has 5 nitrogen and oxygen atoms in total. The Morgan fingerprint density at radius 1 is 1.19 bits per heavy atom. The molecular weight excluding hydrogens is 415 g/mol. The minimum Gasteiger partial charge on any atom is -0.497 e. The smallest absolute Gasteiger partial charge is 0.261 e. The van der Waals surface area contributed by atoms with Crippen LogP contribution >= 0.6 is 11.3 Å². The number of amides is 1. The molecule has 0 saturated carbocycles. The van der Waals surface area contributed by atoms with Crippen molar-refractivity contribution < 1.29 is 18.7 Å². The second-order valence-corrected chi connectivity index (χ2v) is 8.88. The van der Waals surface area contributed by atoms with Gasteiger partial charge in [-0.1, -0.05) is 18.2 Å². The van der Waals surface area contributed by atoms with Crippen LogP contribution in [0.25, 0.3) is 10.1 Å². The second kappa shape index (κ2) is 9.77. The summed E-state index contributed by atoms with van der Waals surface area (Å²) in [6, 6.07) is 13.2. The summed E-state index contributed by atoms with van der Waals surface area (Å²) in [4.78, 5) is 16.0. The van der Waals surface area contributed by atoms with Crippen molar-refractivity contribution in [2.75, 3.05) is 27.3 Å².